The van der Waals surface area contributed by atoms with Gasteiger partial charge in [0.05, 0.1) is 11.5 Å². The van der Waals surface area contributed by atoms with Gasteiger partial charge in [0.1, 0.15) is 12.2 Å². The lowest BCUT2D eigenvalue weighted by Crippen LogP contribution is -2.42. The number of nitro benzene ring substituents is 1. The molecule has 2 aromatic carbocycles. The van der Waals surface area contributed by atoms with Gasteiger partial charge in [0, 0.05) is 12.6 Å². The number of amides is 1. The van der Waals surface area contributed by atoms with Crippen molar-refractivity contribution in [2.75, 3.05) is 20.2 Å². The minimum Gasteiger partial charge on any atom is -0.486 e. The van der Waals surface area contributed by atoms with Gasteiger partial charge in [-0.2, -0.15) is 0 Å². The number of aryl methyl sites for hydroxylation is 1. The van der Waals surface area contributed by atoms with Gasteiger partial charge in [-0.3, -0.25) is 14.9 Å². The Hall–Kier alpha value is -3.09. The van der Waals surface area contributed by atoms with E-state index in [0.717, 1.165) is 0 Å². The van der Waals surface area contributed by atoms with E-state index in [1.54, 1.807) is 32.2 Å². The van der Waals surface area contributed by atoms with Gasteiger partial charge in [-0.1, -0.05) is 24.3 Å². The smallest absolute Gasteiger partial charge is 0.285 e. The van der Waals surface area contributed by atoms with Crippen LogP contribution in [-0.4, -0.2) is 42.0 Å². The summed E-state index contributed by atoms with van der Waals surface area (Å²) in [6, 6.07) is 12.0. The molecule has 0 aromatic heterocycles. The predicted octanol–water partition coefficient (Wildman–Crippen LogP) is 2.82. The van der Waals surface area contributed by atoms with E-state index in [0.29, 0.717) is 23.7 Å². The van der Waals surface area contributed by atoms with Crippen LogP contribution in [0, 0.1) is 17.0 Å². The van der Waals surface area contributed by atoms with Crippen molar-refractivity contribution in [3.63, 3.8) is 0 Å². The molecule has 1 amide bonds. The molecule has 0 spiro atoms. The molecule has 7 nitrogen and oxygen atoms in total. The van der Waals surface area contributed by atoms with Crippen molar-refractivity contribution < 1.29 is 19.2 Å². The van der Waals surface area contributed by atoms with Crippen molar-refractivity contribution in [1.29, 1.82) is 0 Å². The van der Waals surface area contributed by atoms with Gasteiger partial charge in [-0.05, 0) is 25.1 Å². The first-order valence-electron chi connectivity index (χ1n) is 7.85. The summed E-state index contributed by atoms with van der Waals surface area (Å²) in [5, 5.41) is 11.3. The zero-order valence-corrected chi connectivity index (χ0v) is 14.0. The van der Waals surface area contributed by atoms with E-state index < -0.39 is 10.8 Å². The SMILES string of the molecule is Cc1cccc(C(=O)N(C)C[C@H]2COc3ccccc3O2)c1[N+](=O)[O-]. The maximum absolute atomic E-state index is 12.7. The fourth-order valence-electron chi connectivity index (χ4n) is 2.82. The zero-order valence-electron chi connectivity index (χ0n) is 14.0. The largest absolute Gasteiger partial charge is 0.486 e. The van der Waals surface area contributed by atoms with Crippen LogP contribution in [0.1, 0.15) is 15.9 Å². The van der Waals surface area contributed by atoms with Crippen molar-refractivity contribution in [2.45, 2.75) is 13.0 Å². The van der Waals surface area contributed by atoms with Crippen molar-refractivity contribution in [3.05, 3.63) is 63.7 Å². The molecule has 130 valence electrons. The normalized spacial score (nSPS) is 15.5. The lowest BCUT2D eigenvalue weighted by molar-refractivity contribution is -0.385. The van der Waals surface area contributed by atoms with Crippen LogP contribution in [0.4, 0.5) is 5.69 Å². The number of nitrogens with zero attached hydrogens (tertiary/aromatic N) is 2. The molecular weight excluding hydrogens is 324 g/mol. The highest BCUT2D eigenvalue weighted by Crippen LogP contribution is 2.31. The molecule has 1 aliphatic rings. The molecule has 25 heavy (non-hydrogen) atoms. The van der Waals surface area contributed by atoms with Crippen LogP contribution in [0.2, 0.25) is 0 Å². The van der Waals surface area contributed by atoms with Crippen molar-refractivity contribution in [3.8, 4) is 11.5 Å². The van der Waals surface area contributed by atoms with E-state index in [2.05, 4.69) is 0 Å². The average Bonchev–Trinajstić information content (AvgIpc) is 2.60. The molecule has 1 heterocycles. The minimum absolute atomic E-state index is 0.0737. The molecule has 7 heteroatoms. The van der Waals surface area contributed by atoms with Gasteiger partial charge in [-0.15, -0.1) is 0 Å². The van der Waals surface area contributed by atoms with Crippen LogP contribution in [0.25, 0.3) is 0 Å². The molecule has 1 aliphatic heterocycles. The van der Waals surface area contributed by atoms with Gasteiger partial charge in [-0.25, -0.2) is 0 Å². The molecular formula is C18H18N2O5. The second kappa shape index (κ2) is 6.80. The van der Waals surface area contributed by atoms with Crippen LogP contribution >= 0.6 is 0 Å². The average molecular weight is 342 g/mol. The Morgan fingerprint density at radius 2 is 1.96 bits per heavy atom. The Morgan fingerprint density at radius 1 is 1.24 bits per heavy atom. The second-order valence-corrected chi connectivity index (χ2v) is 5.91. The minimum atomic E-state index is -0.521. The third-order valence-electron chi connectivity index (χ3n) is 4.04. The molecule has 0 saturated heterocycles. The Bertz CT molecular complexity index is 821. The molecule has 3 rings (SSSR count). The second-order valence-electron chi connectivity index (χ2n) is 5.91. The van der Waals surface area contributed by atoms with Crippen molar-refractivity contribution in [1.82, 2.24) is 4.90 Å². The van der Waals surface area contributed by atoms with Gasteiger partial charge in [0.25, 0.3) is 11.6 Å². The van der Waals surface area contributed by atoms with Crippen LogP contribution < -0.4 is 9.47 Å². The van der Waals surface area contributed by atoms with Crippen molar-refractivity contribution >= 4 is 11.6 Å². The number of ether oxygens (including phenoxy) is 2. The highest BCUT2D eigenvalue weighted by molar-refractivity contribution is 5.98. The molecule has 0 radical (unpaired) electrons. The Balaban J connectivity index is 1.74. The number of hydrogen-bond donors (Lipinski definition) is 0. The predicted molar refractivity (Wildman–Crippen MR) is 91.1 cm³/mol. The number of fused-ring (bicyclic) bond motifs is 1. The Kier molecular flexibility index (Phi) is 4.56. The number of nitro groups is 1. The summed E-state index contributed by atoms with van der Waals surface area (Å²) in [5.41, 5.74) is 0.366. The molecule has 0 N–H and O–H groups in total. The molecule has 0 aliphatic carbocycles. The summed E-state index contributed by atoms with van der Waals surface area (Å²) in [6.45, 7) is 2.19. The molecule has 0 bridgehead atoms. The highest BCUT2D eigenvalue weighted by Gasteiger charge is 2.28. The van der Waals surface area contributed by atoms with E-state index in [-0.39, 0.29) is 23.9 Å². The number of para-hydroxylation sites is 3. The molecule has 1 atom stereocenters. The van der Waals surface area contributed by atoms with Crippen LogP contribution in [0.5, 0.6) is 11.5 Å². The van der Waals surface area contributed by atoms with E-state index in [4.69, 9.17) is 9.47 Å². The maximum atomic E-state index is 12.7. The summed E-state index contributed by atoms with van der Waals surface area (Å²) >= 11 is 0. The number of likely N-dealkylation sites (N-methyl/N-ethyl adjacent to an activating group) is 1. The van der Waals surface area contributed by atoms with Gasteiger partial charge in [0.15, 0.2) is 17.6 Å². The summed E-state index contributed by atoms with van der Waals surface area (Å²) < 4.78 is 11.5. The number of carbonyl (C=O) groups excluding carboxylic acids is 1. The zero-order chi connectivity index (χ0) is 18.0. The first-order valence-corrected chi connectivity index (χ1v) is 7.85. The van der Waals surface area contributed by atoms with Crippen molar-refractivity contribution in [2.24, 2.45) is 0 Å². The summed E-state index contributed by atoms with van der Waals surface area (Å²) in [7, 11) is 1.60. The first-order chi connectivity index (χ1) is 12.0. The quantitative estimate of drug-likeness (QED) is 0.630. The van der Waals surface area contributed by atoms with Gasteiger partial charge in [0.2, 0.25) is 0 Å². The third-order valence-corrected chi connectivity index (χ3v) is 4.04. The molecule has 0 saturated carbocycles. The van der Waals surface area contributed by atoms with Crippen LogP contribution in [0.15, 0.2) is 42.5 Å². The standard InChI is InChI=1S/C18H18N2O5/c1-12-6-5-7-14(17(12)20(22)23)18(21)19(2)10-13-11-24-15-8-3-4-9-16(15)25-13/h3-9,13H,10-11H2,1-2H3/t13-/m0/s1. The number of benzene rings is 2. The molecule has 2 aromatic rings. The highest BCUT2D eigenvalue weighted by atomic mass is 16.6. The fraction of sp³-hybridized carbons (Fsp3) is 0.278. The van der Waals surface area contributed by atoms with E-state index in [1.807, 2.05) is 18.2 Å². The Morgan fingerprint density at radius 3 is 2.68 bits per heavy atom. The lowest BCUT2D eigenvalue weighted by Gasteiger charge is -2.29. The van der Waals surface area contributed by atoms with E-state index in [9.17, 15) is 14.9 Å². The number of hydrogen-bond acceptors (Lipinski definition) is 5. The fourth-order valence-corrected chi connectivity index (χ4v) is 2.82. The maximum Gasteiger partial charge on any atom is 0.285 e. The summed E-state index contributed by atoms with van der Waals surface area (Å²) in [4.78, 5) is 24.9. The molecule has 0 unspecified atom stereocenters. The lowest BCUT2D eigenvalue weighted by atomic mass is 10.1. The monoisotopic (exact) mass is 342 g/mol. The number of rotatable bonds is 4. The molecule has 0 fully saturated rings. The van der Waals surface area contributed by atoms with Crippen LogP contribution in [-0.2, 0) is 0 Å². The van der Waals surface area contributed by atoms with E-state index in [1.165, 1.54) is 11.0 Å². The summed E-state index contributed by atoms with van der Waals surface area (Å²) in [5.74, 6) is 0.876. The third kappa shape index (κ3) is 3.40. The first kappa shape index (κ1) is 16.8. The van der Waals surface area contributed by atoms with Crippen LogP contribution in [0.3, 0.4) is 0 Å². The Labute approximate surface area is 144 Å². The number of carbonyl (C=O) groups is 1. The topological polar surface area (TPSA) is 81.9 Å². The van der Waals surface area contributed by atoms with Gasteiger partial charge < -0.3 is 14.4 Å². The van der Waals surface area contributed by atoms with Gasteiger partial charge >= 0.3 is 0 Å². The summed E-state index contributed by atoms with van der Waals surface area (Å²) in [6.07, 6.45) is -0.340. The van der Waals surface area contributed by atoms with E-state index >= 15 is 0 Å².